The zero-order valence-electron chi connectivity index (χ0n) is 19.3. The fourth-order valence-electron chi connectivity index (χ4n) is 4.27. The van der Waals surface area contributed by atoms with E-state index < -0.39 is 0 Å². The molecule has 1 aliphatic rings. The molecule has 1 aromatic carbocycles. The first kappa shape index (κ1) is 22.4. The number of hydrogen-bond donors (Lipinski definition) is 2. The van der Waals surface area contributed by atoms with Gasteiger partial charge in [-0.1, -0.05) is 18.2 Å². The third kappa shape index (κ3) is 5.00. The van der Waals surface area contributed by atoms with Crippen LogP contribution in [0.1, 0.15) is 42.5 Å². The molecular weight excluding hydrogens is 414 g/mol. The Bertz CT molecular complexity index is 1140. The van der Waals surface area contributed by atoms with Gasteiger partial charge in [-0.05, 0) is 43.9 Å². The topological polar surface area (TPSA) is 113 Å². The quantitative estimate of drug-likeness (QED) is 0.328. The molecule has 0 bridgehead atoms. The summed E-state index contributed by atoms with van der Waals surface area (Å²) in [6.07, 6.45) is 6.59. The molecule has 9 nitrogen and oxygen atoms in total. The monoisotopic (exact) mass is 445 g/mol. The molecule has 0 amide bonds. The van der Waals surface area contributed by atoms with E-state index in [0.717, 1.165) is 49.8 Å². The number of benzene rings is 1. The molecule has 1 aliphatic heterocycles. The molecule has 1 fully saturated rings. The molecule has 0 aliphatic carbocycles. The number of para-hydroxylation sites is 1. The highest BCUT2D eigenvalue weighted by molar-refractivity contribution is 5.80. The Morgan fingerprint density at radius 3 is 2.85 bits per heavy atom. The maximum Gasteiger partial charge on any atom is 0.193 e. The Hall–Kier alpha value is -3.80. The number of likely N-dealkylation sites (tertiary alicyclic amines) is 1. The fraction of sp³-hybridized carbons (Fsp3) is 0.417. The van der Waals surface area contributed by atoms with Gasteiger partial charge in [-0.25, -0.2) is 4.68 Å². The summed E-state index contributed by atoms with van der Waals surface area (Å²) in [5.74, 6) is 1.80. The molecule has 2 aromatic heterocycles. The van der Waals surface area contributed by atoms with Crippen molar-refractivity contribution in [3.63, 3.8) is 0 Å². The molecule has 0 saturated carbocycles. The minimum Gasteiger partial charge on any atom is -0.382 e. The fourth-order valence-corrected chi connectivity index (χ4v) is 4.27. The summed E-state index contributed by atoms with van der Waals surface area (Å²) in [6.45, 7) is 5.47. The molecule has 33 heavy (non-hydrogen) atoms. The first-order valence-corrected chi connectivity index (χ1v) is 11.5. The summed E-state index contributed by atoms with van der Waals surface area (Å²) in [6, 6.07) is 11.9. The highest BCUT2D eigenvalue weighted by Crippen LogP contribution is 2.27. The predicted octanol–water partition coefficient (Wildman–Crippen LogP) is 2.45. The molecule has 0 radical (unpaired) electrons. The second kappa shape index (κ2) is 10.2. The lowest BCUT2D eigenvalue weighted by atomic mass is 10.0. The highest BCUT2D eigenvalue weighted by atomic mass is 15.3. The van der Waals surface area contributed by atoms with Gasteiger partial charge < -0.3 is 16.0 Å². The number of nitriles is 1. The molecule has 0 spiro atoms. The molecular formula is C24H31N9. The van der Waals surface area contributed by atoms with Crippen LogP contribution in [0.5, 0.6) is 0 Å². The molecule has 9 heteroatoms. The van der Waals surface area contributed by atoms with E-state index in [4.69, 9.17) is 10.7 Å². The minimum absolute atomic E-state index is 0.383. The van der Waals surface area contributed by atoms with Gasteiger partial charge in [0.05, 0.1) is 17.6 Å². The Morgan fingerprint density at radius 1 is 1.33 bits per heavy atom. The van der Waals surface area contributed by atoms with Gasteiger partial charge in [0.15, 0.2) is 5.96 Å². The number of nitrogens with one attached hydrogen (secondary N) is 1. The largest absolute Gasteiger partial charge is 0.382 e. The van der Waals surface area contributed by atoms with E-state index in [1.807, 2.05) is 48.3 Å². The van der Waals surface area contributed by atoms with Gasteiger partial charge in [-0.2, -0.15) is 15.5 Å². The number of aromatic nitrogens is 4. The number of nitrogens with two attached hydrogens (primary N) is 1. The van der Waals surface area contributed by atoms with Crippen LogP contribution in [0.2, 0.25) is 0 Å². The van der Waals surface area contributed by atoms with E-state index in [2.05, 4.69) is 39.6 Å². The number of anilines is 1. The number of aliphatic imine (C=N–C) groups is 1. The van der Waals surface area contributed by atoms with Crippen LogP contribution in [-0.4, -0.2) is 56.6 Å². The molecule has 1 atom stereocenters. The Balaban J connectivity index is 1.39. The van der Waals surface area contributed by atoms with Gasteiger partial charge in [0.1, 0.15) is 17.5 Å². The summed E-state index contributed by atoms with van der Waals surface area (Å²) in [7, 11) is 1.95. The van der Waals surface area contributed by atoms with E-state index in [9.17, 15) is 5.26 Å². The van der Waals surface area contributed by atoms with Crippen molar-refractivity contribution < 1.29 is 0 Å². The van der Waals surface area contributed by atoms with Crippen LogP contribution in [0.3, 0.4) is 0 Å². The normalized spacial score (nSPS) is 16.2. The van der Waals surface area contributed by atoms with Crippen molar-refractivity contribution in [1.29, 1.82) is 5.26 Å². The third-order valence-corrected chi connectivity index (χ3v) is 5.96. The summed E-state index contributed by atoms with van der Waals surface area (Å²) >= 11 is 0. The number of rotatable bonds is 7. The van der Waals surface area contributed by atoms with Crippen molar-refractivity contribution in [2.24, 2.45) is 12.0 Å². The lowest BCUT2D eigenvalue weighted by molar-refractivity contribution is 0.485. The Morgan fingerprint density at radius 2 is 2.15 bits per heavy atom. The van der Waals surface area contributed by atoms with Crippen molar-refractivity contribution in [2.45, 2.75) is 32.1 Å². The van der Waals surface area contributed by atoms with Crippen LogP contribution in [-0.2, 0) is 13.5 Å². The summed E-state index contributed by atoms with van der Waals surface area (Å²) in [5.41, 5.74) is 9.52. The van der Waals surface area contributed by atoms with Crippen molar-refractivity contribution in [2.75, 3.05) is 31.9 Å². The van der Waals surface area contributed by atoms with E-state index in [0.29, 0.717) is 30.3 Å². The molecule has 3 heterocycles. The Kier molecular flexibility index (Phi) is 6.93. The van der Waals surface area contributed by atoms with E-state index in [-0.39, 0.29) is 0 Å². The first-order chi connectivity index (χ1) is 16.1. The van der Waals surface area contributed by atoms with Gasteiger partial charge in [-0.3, -0.25) is 9.67 Å². The summed E-state index contributed by atoms with van der Waals surface area (Å²) < 4.78 is 3.50. The van der Waals surface area contributed by atoms with Gasteiger partial charge in [0.25, 0.3) is 0 Å². The predicted molar refractivity (Wildman–Crippen MR) is 129 cm³/mol. The highest BCUT2D eigenvalue weighted by Gasteiger charge is 2.27. The average Bonchev–Trinajstić information content (AvgIpc) is 3.55. The SMILES string of the molecule is CCNC(=NCCCc1nn(-c2ccccc2)c(N)c1C#N)N1CCC(c2cnn(C)c2)C1. The maximum atomic E-state index is 9.60. The number of guanidine groups is 1. The molecule has 4 rings (SSSR count). The Labute approximate surface area is 194 Å². The zero-order chi connectivity index (χ0) is 23.2. The van der Waals surface area contributed by atoms with Gasteiger partial charge in [0.2, 0.25) is 0 Å². The molecule has 172 valence electrons. The second-order valence-electron chi connectivity index (χ2n) is 8.28. The summed E-state index contributed by atoms with van der Waals surface area (Å²) in [5, 5.41) is 21.9. The van der Waals surface area contributed by atoms with Crippen LogP contribution in [0.25, 0.3) is 5.69 Å². The number of aryl methyl sites for hydroxylation is 2. The minimum atomic E-state index is 0.383. The average molecular weight is 446 g/mol. The van der Waals surface area contributed by atoms with Crippen molar-refractivity contribution in [3.05, 3.63) is 59.5 Å². The van der Waals surface area contributed by atoms with Crippen LogP contribution in [0.15, 0.2) is 47.7 Å². The van der Waals surface area contributed by atoms with Gasteiger partial charge in [-0.15, -0.1) is 0 Å². The van der Waals surface area contributed by atoms with E-state index in [1.54, 1.807) is 4.68 Å². The molecule has 3 N–H and O–H groups in total. The number of nitrogen functional groups attached to an aromatic ring is 1. The second-order valence-corrected chi connectivity index (χ2v) is 8.28. The van der Waals surface area contributed by atoms with E-state index >= 15 is 0 Å². The summed E-state index contributed by atoms with van der Waals surface area (Å²) in [4.78, 5) is 7.17. The van der Waals surface area contributed by atoms with Crippen LogP contribution < -0.4 is 11.1 Å². The van der Waals surface area contributed by atoms with Crippen LogP contribution >= 0.6 is 0 Å². The van der Waals surface area contributed by atoms with Gasteiger partial charge in [0, 0.05) is 45.3 Å². The van der Waals surface area contributed by atoms with E-state index in [1.165, 1.54) is 5.56 Å². The lowest BCUT2D eigenvalue weighted by Gasteiger charge is -2.21. The van der Waals surface area contributed by atoms with Crippen molar-refractivity contribution >= 4 is 11.8 Å². The smallest absolute Gasteiger partial charge is 0.193 e. The van der Waals surface area contributed by atoms with Crippen molar-refractivity contribution in [1.82, 2.24) is 29.8 Å². The third-order valence-electron chi connectivity index (χ3n) is 5.96. The molecule has 3 aromatic rings. The number of nitrogens with zero attached hydrogens (tertiary/aromatic N) is 7. The first-order valence-electron chi connectivity index (χ1n) is 11.5. The van der Waals surface area contributed by atoms with Crippen LogP contribution in [0.4, 0.5) is 5.82 Å². The van der Waals surface area contributed by atoms with Crippen molar-refractivity contribution in [3.8, 4) is 11.8 Å². The zero-order valence-corrected chi connectivity index (χ0v) is 19.3. The molecule has 1 saturated heterocycles. The lowest BCUT2D eigenvalue weighted by Crippen LogP contribution is -2.40. The molecule has 1 unspecified atom stereocenters. The number of hydrogen-bond acceptors (Lipinski definition) is 5. The van der Waals surface area contributed by atoms with Crippen LogP contribution in [0, 0.1) is 11.3 Å². The maximum absolute atomic E-state index is 9.60. The van der Waals surface area contributed by atoms with Gasteiger partial charge >= 0.3 is 0 Å². The standard InChI is InChI=1S/C24H31N9/c1-3-27-24(32-13-11-18(17-32)19-15-29-31(2)16-19)28-12-7-10-22-21(14-25)23(26)33(30-22)20-8-5-4-6-9-20/h4-6,8-9,15-16,18H,3,7,10-13,17,26H2,1-2H3,(H,27,28).